The summed E-state index contributed by atoms with van der Waals surface area (Å²) in [4.78, 5) is 55.9. The number of nitrogens with two attached hydrogens (primary N) is 1. The summed E-state index contributed by atoms with van der Waals surface area (Å²) in [5.74, 6) is -2.08. The molecule has 30 heavy (non-hydrogen) atoms. The molecule has 2 saturated heterocycles. The van der Waals surface area contributed by atoms with Crippen LogP contribution in [0.3, 0.4) is 0 Å². The summed E-state index contributed by atoms with van der Waals surface area (Å²) in [5, 5.41) is 0. The van der Waals surface area contributed by atoms with E-state index >= 15 is 0 Å². The number of piperidine rings is 1. The molecule has 1 aliphatic carbocycles. The predicted molar refractivity (Wildman–Crippen MR) is 112 cm³/mol. The van der Waals surface area contributed by atoms with Crippen molar-refractivity contribution in [3.05, 3.63) is 0 Å². The minimum atomic E-state index is -0.975. The van der Waals surface area contributed by atoms with Gasteiger partial charge >= 0.3 is 6.03 Å². The first-order valence-corrected chi connectivity index (χ1v) is 11.3. The second-order valence-electron chi connectivity index (χ2n) is 9.70. The van der Waals surface area contributed by atoms with Gasteiger partial charge in [-0.05, 0) is 45.4 Å². The van der Waals surface area contributed by atoms with E-state index < -0.39 is 29.3 Å². The monoisotopic (exact) mass is 422 g/mol. The highest BCUT2D eigenvalue weighted by atomic mass is 16.4. The molecule has 0 aromatic heterocycles. The van der Waals surface area contributed by atoms with Crippen molar-refractivity contribution in [1.29, 1.82) is 0 Å². The van der Waals surface area contributed by atoms with Gasteiger partial charge in [0.1, 0.15) is 5.54 Å². The third kappa shape index (κ3) is 4.32. The minimum absolute atomic E-state index is 0.0443. The number of rotatable bonds is 7. The van der Waals surface area contributed by atoms with Gasteiger partial charge in [0.2, 0.25) is 11.8 Å². The molecule has 0 bridgehead atoms. The number of imide groups is 1. The van der Waals surface area contributed by atoms with E-state index in [4.69, 9.17) is 5.73 Å². The number of carbonyl (C=O) groups excluding carboxylic acids is 4. The summed E-state index contributed by atoms with van der Waals surface area (Å²) >= 11 is 0. The fourth-order valence-corrected chi connectivity index (χ4v) is 5.15. The Balaban J connectivity index is 1.85. The number of primary amides is 1. The van der Waals surface area contributed by atoms with Crippen molar-refractivity contribution >= 4 is 23.8 Å². The quantitative estimate of drug-likeness (QED) is 0.633. The van der Waals surface area contributed by atoms with Gasteiger partial charge < -0.3 is 15.5 Å². The highest BCUT2D eigenvalue weighted by Gasteiger charge is 2.51. The third-order valence-corrected chi connectivity index (χ3v) is 7.40. The first-order chi connectivity index (χ1) is 14.1. The molecule has 168 valence electrons. The number of hydrogen-bond donors (Lipinski definition) is 1. The maximum Gasteiger partial charge on any atom is 0.327 e. The maximum atomic E-state index is 13.5. The number of likely N-dealkylation sites (N-methyl/N-ethyl adjacent to an activating group) is 1. The van der Waals surface area contributed by atoms with Crippen LogP contribution in [0.15, 0.2) is 0 Å². The van der Waals surface area contributed by atoms with Gasteiger partial charge in [-0.2, -0.15) is 0 Å². The third-order valence-electron chi connectivity index (χ3n) is 7.40. The number of carbonyl (C=O) groups is 4. The molecule has 8 nitrogen and oxygen atoms in total. The van der Waals surface area contributed by atoms with E-state index in [1.54, 1.807) is 20.9 Å². The molecule has 2 aliphatic heterocycles. The fraction of sp³-hybridized carbons (Fsp3) is 0.818. The summed E-state index contributed by atoms with van der Waals surface area (Å²) in [6.07, 6.45) is 8.00. The smallest absolute Gasteiger partial charge is 0.327 e. The van der Waals surface area contributed by atoms with Crippen LogP contribution in [0, 0.1) is 17.8 Å². The highest BCUT2D eigenvalue weighted by molar-refractivity contribution is 6.06. The molecule has 2 atom stereocenters. The van der Waals surface area contributed by atoms with Crippen molar-refractivity contribution in [3.8, 4) is 0 Å². The lowest BCUT2D eigenvalue weighted by Crippen LogP contribution is -2.50. The highest BCUT2D eigenvalue weighted by Crippen LogP contribution is 2.35. The minimum Gasteiger partial charge on any atom is -0.369 e. The molecule has 0 unspecified atom stereocenters. The number of likely N-dealkylation sites (tertiary alicyclic amines) is 1. The summed E-state index contributed by atoms with van der Waals surface area (Å²) < 4.78 is 0. The van der Waals surface area contributed by atoms with Crippen molar-refractivity contribution in [2.24, 2.45) is 23.5 Å². The topological polar surface area (TPSA) is 104 Å². The van der Waals surface area contributed by atoms with Gasteiger partial charge in [-0.25, -0.2) is 4.79 Å². The van der Waals surface area contributed by atoms with Crippen LogP contribution >= 0.6 is 0 Å². The lowest BCUT2D eigenvalue weighted by molar-refractivity contribution is -0.144. The van der Waals surface area contributed by atoms with E-state index in [9.17, 15) is 19.2 Å². The van der Waals surface area contributed by atoms with Gasteiger partial charge in [0, 0.05) is 26.7 Å². The standard InChI is InChI=1S/C22H36N4O4/c1-22(2)20(29)26(21(30)24(22)3)14-17(18(23)27)16(13-15-9-5-6-10-15)19(28)25-11-7-4-8-12-25/h15-17H,4-14H2,1-3H3,(H2,23,27)/t16-,17+/m1/s1/i20+2. The van der Waals surface area contributed by atoms with Crippen molar-refractivity contribution < 1.29 is 19.2 Å². The summed E-state index contributed by atoms with van der Waals surface area (Å²) in [6, 6.07) is -0.443. The fourth-order valence-electron chi connectivity index (χ4n) is 5.15. The number of hydrogen-bond acceptors (Lipinski definition) is 4. The van der Waals surface area contributed by atoms with Crippen LogP contribution < -0.4 is 5.73 Å². The molecule has 0 spiro atoms. The molecule has 5 amide bonds. The Hall–Kier alpha value is -2.12. The number of nitrogens with zero attached hydrogens (tertiary/aromatic N) is 3. The molecule has 0 radical (unpaired) electrons. The average Bonchev–Trinajstić information content (AvgIpc) is 3.28. The van der Waals surface area contributed by atoms with Gasteiger partial charge in [-0.3, -0.25) is 19.3 Å². The van der Waals surface area contributed by atoms with Crippen LogP contribution in [0.2, 0.25) is 0 Å². The lowest BCUT2D eigenvalue weighted by atomic mass is 9.81. The van der Waals surface area contributed by atoms with Crippen LogP contribution in [-0.4, -0.2) is 70.7 Å². The van der Waals surface area contributed by atoms with E-state index in [2.05, 4.69) is 0 Å². The Morgan fingerprint density at radius 2 is 1.70 bits per heavy atom. The van der Waals surface area contributed by atoms with Gasteiger partial charge in [0.25, 0.3) is 5.91 Å². The summed E-state index contributed by atoms with van der Waals surface area (Å²) in [7, 11) is 1.58. The molecule has 2 heterocycles. The Bertz CT molecular complexity index is 695. The van der Waals surface area contributed by atoms with Crippen LogP contribution in [0.1, 0.15) is 65.2 Å². The van der Waals surface area contributed by atoms with Crippen molar-refractivity contribution in [1.82, 2.24) is 14.7 Å². The molecular weight excluding hydrogens is 386 g/mol. The Labute approximate surface area is 179 Å². The largest absolute Gasteiger partial charge is 0.369 e. The van der Waals surface area contributed by atoms with Gasteiger partial charge in [-0.1, -0.05) is 25.7 Å². The molecule has 0 aromatic rings. The Morgan fingerprint density at radius 3 is 2.20 bits per heavy atom. The van der Waals surface area contributed by atoms with E-state index in [0.717, 1.165) is 49.8 Å². The van der Waals surface area contributed by atoms with Gasteiger partial charge in [0.15, 0.2) is 0 Å². The Morgan fingerprint density at radius 1 is 1.10 bits per heavy atom. The van der Waals surface area contributed by atoms with Gasteiger partial charge in [-0.15, -0.1) is 0 Å². The lowest BCUT2D eigenvalue weighted by Gasteiger charge is -2.35. The van der Waals surface area contributed by atoms with E-state index in [0.29, 0.717) is 25.4 Å². The second-order valence-corrected chi connectivity index (χ2v) is 9.70. The van der Waals surface area contributed by atoms with Crippen LogP contribution in [-0.2, 0) is 14.4 Å². The SMILES string of the molecule is CN1C(=O)N(C[C@H](C(N)=O)[C@@H](CC2CCCC2)C(=O)N2CCCCC2)[14C](=O)C1(C)C. The zero-order chi connectivity index (χ0) is 22.1. The molecule has 3 aliphatic rings. The van der Waals surface area contributed by atoms with Gasteiger partial charge in [0.05, 0.1) is 11.8 Å². The molecule has 3 fully saturated rings. The first kappa shape index (κ1) is 22.6. The van der Waals surface area contributed by atoms with Crippen LogP contribution in [0.5, 0.6) is 0 Å². The number of urea groups is 1. The number of amides is 5. The normalized spacial score (nSPS) is 24.4. The molecule has 2 N–H and O–H groups in total. The van der Waals surface area contributed by atoms with Crippen molar-refractivity contribution in [2.75, 3.05) is 26.7 Å². The van der Waals surface area contributed by atoms with Crippen molar-refractivity contribution in [2.45, 2.75) is 70.8 Å². The van der Waals surface area contributed by atoms with Crippen molar-refractivity contribution in [3.63, 3.8) is 0 Å². The van der Waals surface area contributed by atoms with E-state index in [1.165, 1.54) is 4.90 Å². The van der Waals surface area contributed by atoms with E-state index in [-0.39, 0.29) is 18.4 Å². The summed E-state index contributed by atoms with van der Waals surface area (Å²) in [6.45, 7) is 4.63. The van der Waals surface area contributed by atoms with Crippen LogP contribution in [0.25, 0.3) is 0 Å². The second kappa shape index (κ2) is 8.94. The molecule has 1 saturated carbocycles. The average molecular weight is 423 g/mol. The predicted octanol–water partition coefficient (Wildman–Crippen LogP) is 1.97. The molecule has 0 aromatic carbocycles. The zero-order valence-corrected chi connectivity index (χ0v) is 18.6. The maximum absolute atomic E-state index is 13.5. The van der Waals surface area contributed by atoms with Crippen LogP contribution in [0.4, 0.5) is 4.79 Å². The summed E-state index contributed by atoms with van der Waals surface area (Å²) in [5.41, 5.74) is 4.80. The van der Waals surface area contributed by atoms with E-state index in [1.807, 2.05) is 4.90 Å². The zero-order valence-electron chi connectivity index (χ0n) is 18.6. The first-order valence-electron chi connectivity index (χ1n) is 11.3. The Kier molecular flexibility index (Phi) is 6.72. The molecule has 3 rings (SSSR count). The molecular formula is C22H36N4O4. The molecule has 8 heteroatoms.